The van der Waals surface area contributed by atoms with E-state index in [-0.39, 0.29) is 5.91 Å². The molecule has 0 radical (unpaired) electrons. The molecule has 1 amide bonds. The van der Waals surface area contributed by atoms with Crippen LogP contribution in [0.5, 0.6) is 5.75 Å². The maximum absolute atomic E-state index is 12.0. The summed E-state index contributed by atoms with van der Waals surface area (Å²) in [5.74, 6) is 0.385. The summed E-state index contributed by atoms with van der Waals surface area (Å²) in [5.41, 5.74) is 1.35. The van der Waals surface area contributed by atoms with Crippen molar-refractivity contribution in [2.75, 3.05) is 12.4 Å². The smallest absolute Gasteiger partial charge is 0.248 e. The molecule has 0 fully saturated rings. The molecule has 2 rings (SSSR count). The molecule has 0 aliphatic carbocycles. The molecule has 0 saturated heterocycles. The van der Waals surface area contributed by atoms with Gasteiger partial charge in [-0.2, -0.15) is 0 Å². The Morgan fingerprint density at radius 1 is 1.27 bits per heavy atom. The standard InChI is InChI=1S/C16H12Br2ClNO2/c1-22-16-10(8-11(17)9-12(16)18)6-7-15(21)20-14-5-3-2-4-13(14)19/h2-9H,1H3,(H,20,21)/b7-6+. The lowest BCUT2D eigenvalue weighted by Crippen LogP contribution is -2.08. The molecule has 0 bridgehead atoms. The number of hydrogen-bond donors (Lipinski definition) is 1. The van der Waals surface area contributed by atoms with E-state index in [0.717, 1.165) is 14.5 Å². The zero-order chi connectivity index (χ0) is 16.1. The first kappa shape index (κ1) is 17.1. The van der Waals surface area contributed by atoms with Crippen molar-refractivity contribution in [3.8, 4) is 5.75 Å². The van der Waals surface area contributed by atoms with E-state index >= 15 is 0 Å². The first-order valence-corrected chi connectivity index (χ1v) is 8.24. The topological polar surface area (TPSA) is 38.3 Å². The molecule has 0 heterocycles. The van der Waals surface area contributed by atoms with Gasteiger partial charge in [-0.25, -0.2) is 0 Å². The van der Waals surface area contributed by atoms with Gasteiger partial charge in [-0.15, -0.1) is 0 Å². The van der Waals surface area contributed by atoms with Crippen molar-refractivity contribution in [2.45, 2.75) is 0 Å². The Balaban J connectivity index is 2.18. The Labute approximate surface area is 150 Å². The van der Waals surface area contributed by atoms with E-state index in [1.54, 1.807) is 37.5 Å². The summed E-state index contributed by atoms with van der Waals surface area (Å²) >= 11 is 12.8. The zero-order valence-electron chi connectivity index (χ0n) is 11.6. The van der Waals surface area contributed by atoms with E-state index in [1.165, 1.54) is 6.08 Å². The average molecular weight is 446 g/mol. The molecule has 0 aromatic heterocycles. The number of anilines is 1. The van der Waals surface area contributed by atoms with Crippen molar-refractivity contribution < 1.29 is 9.53 Å². The molecule has 0 aliphatic heterocycles. The van der Waals surface area contributed by atoms with Crippen LogP contribution < -0.4 is 10.1 Å². The lowest BCUT2D eigenvalue weighted by molar-refractivity contribution is -0.111. The predicted molar refractivity (Wildman–Crippen MR) is 97.5 cm³/mol. The fourth-order valence-electron chi connectivity index (χ4n) is 1.82. The summed E-state index contributed by atoms with van der Waals surface area (Å²) in [6, 6.07) is 10.8. The van der Waals surface area contributed by atoms with Gasteiger partial charge in [0.05, 0.1) is 22.3 Å². The third-order valence-corrected chi connectivity index (χ3v) is 4.16. The van der Waals surface area contributed by atoms with Crippen molar-refractivity contribution in [3.63, 3.8) is 0 Å². The van der Waals surface area contributed by atoms with Gasteiger partial charge in [0.25, 0.3) is 0 Å². The minimum atomic E-state index is -0.272. The van der Waals surface area contributed by atoms with Crippen LogP contribution in [0.1, 0.15) is 5.56 Å². The van der Waals surface area contributed by atoms with Crippen LogP contribution in [0.25, 0.3) is 6.08 Å². The summed E-state index contributed by atoms with van der Waals surface area (Å²) in [6.07, 6.45) is 3.11. The third kappa shape index (κ3) is 4.35. The number of methoxy groups -OCH3 is 1. The SMILES string of the molecule is COc1c(Br)cc(Br)cc1/C=C/C(=O)Nc1ccccc1Cl. The van der Waals surface area contributed by atoms with Crippen LogP contribution in [-0.2, 0) is 4.79 Å². The highest BCUT2D eigenvalue weighted by atomic mass is 79.9. The lowest BCUT2D eigenvalue weighted by atomic mass is 10.2. The second-order valence-corrected chi connectivity index (χ2v) is 6.49. The Kier molecular flexibility index (Phi) is 6.06. The van der Waals surface area contributed by atoms with Gasteiger partial charge in [0, 0.05) is 16.1 Å². The Bertz CT molecular complexity index is 732. The molecule has 3 nitrogen and oxygen atoms in total. The van der Waals surface area contributed by atoms with Gasteiger partial charge in [0.2, 0.25) is 5.91 Å². The number of rotatable bonds is 4. The van der Waals surface area contributed by atoms with E-state index in [2.05, 4.69) is 37.2 Å². The summed E-state index contributed by atoms with van der Waals surface area (Å²) in [6.45, 7) is 0. The second-order valence-electron chi connectivity index (χ2n) is 4.31. The van der Waals surface area contributed by atoms with Gasteiger partial charge in [-0.3, -0.25) is 4.79 Å². The monoisotopic (exact) mass is 443 g/mol. The van der Waals surface area contributed by atoms with E-state index < -0.39 is 0 Å². The number of benzene rings is 2. The largest absolute Gasteiger partial charge is 0.495 e. The highest BCUT2D eigenvalue weighted by Gasteiger charge is 2.08. The van der Waals surface area contributed by atoms with Gasteiger partial charge in [0.1, 0.15) is 5.75 Å². The Morgan fingerprint density at radius 3 is 2.68 bits per heavy atom. The van der Waals surface area contributed by atoms with E-state index in [4.69, 9.17) is 16.3 Å². The van der Waals surface area contributed by atoms with E-state index in [9.17, 15) is 4.79 Å². The molecule has 0 unspecified atom stereocenters. The van der Waals surface area contributed by atoms with E-state index in [0.29, 0.717) is 16.5 Å². The number of nitrogens with one attached hydrogen (secondary N) is 1. The summed E-state index contributed by atoms with van der Waals surface area (Å²) < 4.78 is 7.01. The van der Waals surface area contributed by atoms with Gasteiger partial charge < -0.3 is 10.1 Å². The fourth-order valence-corrected chi connectivity index (χ4v) is 3.42. The van der Waals surface area contributed by atoms with Gasteiger partial charge >= 0.3 is 0 Å². The normalized spacial score (nSPS) is 10.7. The van der Waals surface area contributed by atoms with Gasteiger partial charge in [0.15, 0.2) is 0 Å². The summed E-state index contributed by atoms with van der Waals surface area (Å²) in [4.78, 5) is 12.0. The molecule has 22 heavy (non-hydrogen) atoms. The number of amides is 1. The van der Waals surface area contributed by atoms with Gasteiger partial charge in [-0.1, -0.05) is 39.7 Å². The Hall–Kier alpha value is -1.30. The van der Waals surface area contributed by atoms with Crippen molar-refractivity contribution in [2.24, 2.45) is 0 Å². The number of carbonyl (C=O) groups is 1. The maximum Gasteiger partial charge on any atom is 0.248 e. The molecule has 0 aliphatic rings. The quantitative estimate of drug-likeness (QED) is 0.629. The number of ether oxygens (including phenoxy) is 1. The summed E-state index contributed by atoms with van der Waals surface area (Å²) in [7, 11) is 1.58. The Morgan fingerprint density at radius 2 is 2.00 bits per heavy atom. The molecule has 2 aromatic carbocycles. The fraction of sp³-hybridized carbons (Fsp3) is 0.0625. The van der Waals surface area contributed by atoms with Gasteiger partial charge in [-0.05, 0) is 46.3 Å². The van der Waals surface area contributed by atoms with Crippen LogP contribution in [0.15, 0.2) is 51.4 Å². The molecule has 0 saturated carbocycles. The van der Waals surface area contributed by atoms with Crippen molar-refractivity contribution in [1.29, 1.82) is 0 Å². The van der Waals surface area contributed by atoms with Crippen LogP contribution in [0.4, 0.5) is 5.69 Å². The van der Waals surface area contributed by atoms with Crippen molar-refractivity contribution in [1.82, 2.24) is 0 Å². The van der Waals surface area contributed by atoms with Crippen molar-refractivity contribution >= 4 is 61.1 Å². The minimum Gasteiger partial charge on any atom is -0.495 e. The predicted octanol–water partition coefficient (Wildman–Crippen LogP) is 5.53. The van der Waals surface area contributed by atoms with Crippen LogP contribution in [0.3, 0.4) is 0 Å². The molecule has 2 aromatic rings. The molecular formula is C16H12Br2ClNO2. The van der Waals surface area contributed by atoms with Crippen LogP contribution in [0, 0.1) is 0 Å². The number of para-hydroxylation sites is 1. The third-order valence-electron chi connectivity index (χ3n) is 2.79. The molecule has 1 N–H and O–H groups in total. The first-order valence-electron chi connectivity index (χ1n) is 6.28. The molecule has 0 spiro atoms. The number of carbonyl (C=O) groups excluding carboxylic acids is 1. The van der Waals surface area contributed by atoms with E-state index in [1.807, 2.05) is 12.1 Å². The average Bonchev–Trinajstić information content (AvgIpc) is 2.47. The maximum atomic E-state index is 12.0. The highest BCUT2D eigenvalue weighted by molar-refractivity contribution is 9.11. The molecule has 6 heteroatoms. The zero-order valence-corrected chi connectivity index (χ0v) is 15.5. The number of hydrogen-bond acceptors (Lipinski definition) is 2. The first-order chi connectivity index (χ1) is 10.5. The molecular weight excluding hydrogens is 433 g/mol. The van der Waals surface area contributed by atoms with Crippen LogP contribution in [-0.4, -0.2) is 13.0 Å². The second kappa shape index (κ2) is 7.81. The summed E-state index contributed by atoms with van der Waals surface area (Å²) in [5, 5.41) is 3.22. The minimum absolute atomic E-state index is 0.272. The molecule has 0 atom stereocenters. The highest BCUT2D eigenvalue weighted by Crippen LogP contribution is 2.33. The van der Waals surface area contributed by atoms with Crippen molar-refractivity contribution in [3.05, 3.63) is 62.0 Å². The molecule has 114 valence electrons. The number of halogens is 3. The van der Waals surface area contributed by atoms with Crippen LogP contribution in [0.2, 0.25) is 5.02 Å². The van der Waals surface area contributed by atoms with Crippen LogP contribution >= 0.6 is 43.5 Å². The lowest BCUT2D eigenvalue weighted by Gasteiger charge is -2.08.